The second-order valence-corrected chi connectivity index (χ2v) is 5.99. The van der Waals surface area contributed by atoms with Crippen LogP contribution >= 0.6 is 0 Å². The Morgan fingerprint density at radius 3 is 2.42 bits per heavy atom. The number of ether oxygens (including phenoxy) is 3. The fourth-order valence-electron chi connectivity index (χ4n) is 2.88. The predicted octanol–water partition coefficient (Wildman–Crippen LogP) is 3.76. The molecule has 2 aliphatic heterocycles. The quantitative estimate of drug-likeness (QED) is 0.729. The van der Waals surface area contributed by atoms with Crippen LogP contribution in [0.1, 0.15) is 12.0 Å². The smallest absolute Gasteiger partial charge is 0.454 e. The summed E-state index contributed by atoms with van der Waals surface area (Å²) in [5, 5.41) is 0. The molecule has 3 rings (SSSR count). The van der Waals surface area contributed by atoms with Crippen LogP contribution in [0.15, 0.2) is 30.0 Å². The molecule has 1 aromatic carbocycles. The number of alkyl halides is 5. The van der Waals surface area contributed by atoms with E-state index in [2.05, 4.69) is 0 Å². The highest BCUT2D eigenvalue weighted by Crippen LogP contribution is 2.42. The van der Waals surface area contributed by atoms with E-state index < -0.39 is 17.8 Å². The Hall–Kier alpha value is -2.03. The molecular formula is C17H18F5NO3. The van der Waals surface area contributed by atoms with E-state index in [1.807, 2.05) is 0 Å². The van der Waals surface area contributed by atoms with Gasteiger partial charge in [-0.3, -0.25) is 0 Å². The largest absolute Gasteiger partial charge is 0.459 e. The third-order valence-electron chi connectivity index (χ3n) is 4.24. The van der Waals surface area contributed by atoms with E-state index in [9.17, 15) is 22.0 Å². The highest BCUT2D eigenvalue weighted by Gasteiger charge is 2.61. The molecule has 9 heteroatoms. The summed E-state index contributed by atoms with van der Waals surface area (Å²) in [5.41, 5.74) is -0.240. The first kappa shape index (κ1) is 18.8. The summed E-state index contributed by atoms with van der Waals surface area (Å²) >= 11 is 0. The van der Waals surface area contributed by atoms with E-state index in [4.69, 9.17) is 14.2 Å². The zero-order valence-electron chi connectivity index (χ0n) is 13.8. The zero-order chi connectivity index (χ0) is 18.8. The monoisotopic (exact) mass is 379 g/mol. The second kappa shape index (κ2) is 7.30. The van der Waals surface area contributed by atoms with Gasteiger partial charge in [-0.2, -0.15) is 22.0 Å². The van der Waals surface area contributed by atoms with Gasteiger partial charge in [0.15, 0.2) is 11.5 Å². The second-order valence-electron chi connectivity index (χ2n) is 5.99. The number of rotatable bonds is 5. The normalized spacial score (nSPS) is 18.3. The van der Waals surface area contributed by atoms with Crippen molar-refractivity contribution in [1.29, 1.82) is 0 Å². The fourth-order valence-corrected chi connectivity index (χ4v) is 2.88. The maximum Gasteiger partial charge on any atom is 0.459 e. The van der Waals surface area contributed by atoms with Crippen LogP contribution in [0, 0.1) is 0 Å². The van der Waals surface area contributed by atoms with Crippen LogP contribution in [0.5, 0.6) is 11.5 Å². The Kier molecular flexibility index (Phi) is 5.27. The average molecular weight is 379 g/mol. The summed E-state index contributed by atoms with van der Waals surface area (Å²) in [6.07, 6.45) is -4.32. The van der Waals surface area contributed by atoms with Crippen LogP contribution in [0.25, 0.3) is 0 Å². The molecule has 4 nitrogen and oxygen atoms in total. The third-order valence-corrected chi connectivity index (χ3v) is 4.24. The molecule has 0 radical (unpaired) electrons. The molecule has 1 fully saturated rings. The molecule has 2 heterocycles. The minimum Gasteiger partial charge on any atom is -0.454 e. The molecule has 0 unspecified atom stereocenters. The predicted molar refractivity (Wildman–Crippen MR) is 82.4 cm³/mol. The maximum atomic E-state index is 14.0. The van der Waals surface area contributed by atoms with Crippen molar-refractivity contribution in [3.8, 4) is 11.5 Å². The van der Waals surface area contributed by atoms with Gasteiger partial charge in [0.25, 0.3) is 0 Å². The molecule has 0 saturated carbocycles. The van der Waals surface area contributed by atoms with E-state index in [-0.39, 0.29) is 39.5 Å². The number of morpholine rings is 1. The number of fused-ring (bicyclic) bond motifs is 1. The van der Waals surface area contributed by atoms with Gasteiger partial charge in [0, 0.05) is 13.1 Å². The highest BCUT2D eigenvalue weighted by atomic mass is 19.4. The first-order valence-electron chi connectivity index (χ1n) is 8.15. The molecule has 0 atom stereocenters. The Balaban J connectivity index is 1.75. The Morgan fingerprint density at radius 2 is 1.73 bits per heavy atom. The first-order chi connectivity index (χ1) is 12.3. The summed E-state index contributed by atoms with van der Waals surface area (Å²) in [6, 6.07) is 5.12. The van der Waals surface area contributed by atoms with E-state index in [1.165, 1.54) is 0 Å². The van der Waals surface area contributed by atoms with Gasteiger partial charge < -0.3 is 19.1 Å². The highest BCUT2D eigenvalue weighted by molar-refractivity contribution is 5.44. The molecule has 0 N–H and O–H groups in total. The third kappa shape index (κ3) is 3.87. The Bertz CT molecular complexity index is 669. The molecule has 26 heavy (non-hydrogen) atoms. The van der Waals surface area contributed by atoms with Crippen LogP contribution in [-0.4, -0.2) is 50.1 Å². The number of aryl methyl sites for hydroxylation is 1. The van der Waals surface area contributed by atoms with Crippen molar-refractivity contribution in [3.63, 3.8) is 0 Å². The van der Waals surface area contributed by atoms with Crippen molar-refractivity contribution >= 4 is 0 Å². The number of halogens is 5. The van der Waals surface area contributed by atoms with E-state index >= 15 is 0 Å². The summed E-state index contributed by atoms with van der Waals surface area (Å²) in [6.45, 7) is 0.349. The molecule has 1 aromatic rings. The van der Waals surface area contributed by atoms with Crippen LogP contribution in [-0.2, 0) is 11.2 Å². The van der Waals surface area contributed by atoms with Gasteiger partial charge in [-0.1, -0.05) is 12.1 Å². The van der Waals surface area contributed by atoms with Gasteiger partial charge in [-0.05, 0) is 30.5 Å². The van der Waals surface area contributed by atoms with Crippen molar-refractivity contribution in [2.75, 3.05) is 33.1 Å². The molecule has 0 amide bonds. The Morgan fingerprint density at radius 1 is 1.04 bits per heavy atom. The summed E-state index contributed by atoms with van der Waals surface area (Å²) in [4.78, 5) is 1.05. The van der Waals surface area contributed by atoms with Gasteiger partial charge >= 0.3 is 12.1 Å². The van der Waals surface area contributed by atoms with Crippen LogP contribution in [0.4, 0.5) is 22.0 Å². The molecule has 0 spiro atoms. The van der Waals surface area contributed by atoms with Gasteiger partial charge in [-0.25, -0.2) is 0 Å². The van der Waals surface area contributed by atoms with Crippen LogP contribution < -0.4 is 9.47 Å². The summed E-state index contributed by atoms with van der Waals surface area (Å²) in [5.74, 6) is -3.78. The average Bonchev–Trinajstić information content (AvgIpc) is 3.06. The first-order valence-corrected chi connectivity index (χ1v) is 8.15. The van der Waals surface area contributed by atoms with Gasteiger partial charge in [-0.15, -0.1) is 0 Å². The number of hydrogen-bond acceptors (Lipinski definition) is 4. The van der Waals surface area contributed by atoms with Crippen molar-refractivity contribution < 1.29 is 36.2 Å². The standard InChI is InChI=1S/C17H18F5NO3/c18-16(19,17(20,21)22)15(23-6-8-24-9-7-23)3-1-2-12-4-5-13-14(10-12)26-11-25-13/h3-5,10H,1-2,6-9,11H2/b15-3+. The van der Waals surface area contributed by atoms with E-state index in [0.29, 0.717) is 17.9 Å². The lowest BCUT2D eigenvalue weighted by Crippen LogP contribution is -2.48. The molecule has 0 aliphatic carbocycles. The number of hydrogen-bond donors (Lipinski definition) is 0. The lowest BCUT2D eigenvalue weighted by Gasteiger charge is -2.35. The van der Waals surface area contributed by atoms with Crippen LogP contribution in [0.2, 0.25) is 0 Å². The van der Waals surface area contributed by atoms with Gasteiger partial charge in [0.2, 0.25) is 6.79 Å². The summed E-state index contributed by atoms with van der Waals surface area (Å²) in [7, 11) is 0. The topological polar surface area (TPSA) is 30.9 Å². The minimum atomic E-state index is -5.64. The molecule has 0 bridgehead atoms. The number of benzene rings is 1. The zero-order valence-corrected chi connectivity index (χ0v) is 13.8. The number of allylic oxidation sites excluding steroid dienone is 2. The van der Waals surface area contributed by atoms with Crippen molar-refractivity contribution in [2.24, 2.45) is 0 Å². The van der Waals surface area contributed by atoms with E-state index in [0.717, 1.165) is 16.5 Å². The lowest BCUT2D eigenvalue weighted by atomic mass is 10.1. The molecular weight excluding hydrogens is 361 g/mol. The lowest BCUT2D eigenvalue weighted by molar-refractivity contribution is -0.271. The molecule has 1 saturated heterocycles. The molecule has 144 valence electrons. The van der Waals surface area contributed by atoms with E-state index in [1.54, 1.807) is 18.2 Å². The van der Waals surface area contributed by atoms with Crippen LogP contribution in [0.3, 0.4) is 0 Å². The maximum absolute atomic E-state index is 14.0. The minimum absolute atomic E-state index is 0.00152. The Labute approximate surface area is 147 Å². The van der Waals surface area contributed by atoms with Gasteiger partial charge in [0.05, 0.1) is 18.9 Å². The van der Waals surface area contributed by atoms with Crippen molar-refractivity contribution in [3.05, 3.63) is 35.5 Å². The van der Waals surface area contributed by atoms with Crippen molar-refractivity contribution in [1.82, 2.24) is 4.90 Å². The summed E-state index contributed by atoms with van der Waals surface area (Å²) < 4.78 is 82.0. The molecule has 2 aliphatic rings. The fraction of sp³-hybridized carbons (Fsp3) is 0.529. The van der Waals surface area contributed by atoms with Crippen molar-refractivity contribution in [2.45, 2.75) is 24.9 Å². The SMILES string of the molecule is FC(F)(F)C(F)(F)/C(=C\CCc1ccc2c(c1)OCO2)N1CCOCC1. The molecule has 0 aromatic heterocycles. The number of nitrogens with zero attached hydrogens (tertiary/aromatic N) is 1. The van der Waals surface area contributed by atoms with Gasteiger partial charge in [0.1, 0.15) is 0 Å².